The van der Waals surface area contributed by atoms with Crippen LogP contribution in [0, 0.1) is 0 Å². The first-order chi connectivity index (χ1) is 14.1. The van der Waals surface area contributed by atoms with Gasteiger partial charge >= 0.3 is 0 Å². The van der Waals surface area contributed by atoms with Gasteiger partial charge in [0.05, 0.1) is 13.4 Å². The maximum Gasteiger partial charge on any atom is 0.262 e. The monoisotopic (exact) mass is 392 g/mol. The summed E-state index contributed by atoms with van der Waals surface area (Å²) in [6.45, 7) is -0.178. The smallest absolute Gasteiger partial charge is 0.262 e. The fourth-order valence-electron chi connectivity index (χ4n) is 2.48. The zero-order chi connectivity index (χ0) is 20.5. The first-order valence-electron chi connectivity index (χ1n) is 8.82. The molecule has 7 nitrogen and oxygen atoms in total. The van der Waals surface area contributed by atoms with E-state index in [1.54, 1.807) is 60.7 Å². The molecular weight excluding hydrogens is 372 g/mol. The highest BCUT2D eigenvalue weighted by molar-refractivity contribution is 6.02. The number of carbonyl (C=O) groups excluding carboxylic acids is 2. The SMILES string of the molecule is COc1ccccc1OCC(=O)Nc1cccc(NC(=O)/C=C/c2ccco2)c1. The van der Waals surface area contributed by atoms with Crippen molar-refractivity contribution in [3.8, 4) is 11.5 Å². The highest BCUT2D eigenvalue weighted by atomic mass is 16.5. The molecule has 0 aliphatic carbocycles. The number of amides is 2. The summed E-state index contributed by atoms with van der Waals surface area (Å²) < 4.78 is 15.8. The quantitative estimate of drug-likeness (QED) is 0.567. The molecule has 0 saturated heterocycles. The Labute approximate surface area is 167 Å². The third-order valence-corrected chi connectivity index (χ3v) is 3.78. The van der Waals surface area contributed by atoms with E-state index >= 15 is 0 Å². The summed E-state index contributed by atoms with van der Waals surface area (Å²) in [7, 11) is 1.53. The van der Waals surface area contributed by atoms with Crippen molar-refractivity contribution in [1.29, 1.82) is 0 Å². The number of methoxy groups -OCH3 is 1. The number of para-hydroxylation sites is 2. The normalized spacial score (nSPS) is 10.5. The molecule has 2 N–H and O–H groups in total. The Morgan fingerprint density at radius 2 is 1.72 bits per heavy atom. The summed E-state index contributed by atoms with van der Waals surface area (Å²) in [5.41, 5.74) is 1.08. The third kappa shape index (κ3) is 6.00. The van der Waals surface area contributed by atoms with E-state index in [4.69, 9.17) is 13.9 Å². The van der Waals surface area contributed by atoms with Crippen molar-refractivity contribution in [2.75, 3.05) is 24.4 Å². The van der Waals surface area contributed by atoms with Crippen LogP contribution >= 0.6 is 0 Å². The van der Waals surface area contributed by atoms with Crippen LogP contribution in [0.3, 0.4) is 0 Å². The fraction of sp³-hybridized carbons (Fsp3) is 0.0909. The van der Waals surface area contributed by atoms with Gasteiger partial charge in [0.1, 0.15) is 5.76 Å². The van der Waals surface area contributed by atoms with E-state index in [2.05, 4.69) is 10.6 Å². The number of rotatable bonds is 8. The molecule has 3 aromatic rings. The minimum Gasteiger partial charge on any atom is -0.493 e. The number of hydrogen-bond acceptors (Lipinski definition) is 5. The van der Waals surface area contributed by atoms with Gasteiger partial charge in [0.2, 0.25) is 5.91 Å². The van der Waals surface area contributed by atoms with Gasteiger partial charge in [-0.15, -0.1) is 0 Å². The lowest BCUT2D eigenvalue weighted by Gasteiger charge is -2.11. The molecule has 0 aliphatic rings. The standard InChI is InChI=1S/C22H20N2O5/c1-27-19-9-2-3-10-20(19)29-15-22(26)24-17-7-4-6-16(14-17)23-21(25)12-11-18-8-5-13-28-18/h2-14H,15H2,1H3,(H,23,25)(H,24,26)/b12-11+. The molecule has 0 spiro atoms. The second-order valence-corrected chi connectivity index (χ2v) is 5.91. The van der Waals surface area contributed by atoms with E-state index in [1.165, 1.54) is 19.4 Å². The van der Waals surface area contributed by atoms with E-state index in [1.807, 2.05) is 6.07 Å². The number of ether oxygens (including phenoxy) is 2. The van der Waals surface area contributed by atoms with E-state index in [9.17, 15) is 9.59 Å². The van der Waals surface area contributed by atoms with Gasteiger partial charge in [-0.2, -0.15) is 0 Å². The highest BCUT2D eigenvalue weighted by Gasteiger charge is 2.08. The molecule has 0 bridgehead atoms. The maximum atomic E-state index is 12.2. The lowest BCUT2D eigenvalue weighted by Crippen LogP contribution is -2.20. The molecule has 1 aromatic heterocycles. The number of benzene rings is 2. The highest BCUT2D eigenvalue weighted by Crippen LogP contribution is 2.25. The third-order valence-electron chi connectivity index (χ3n) is 3.78. The van der Waals surface area contributed by atoms with Crippen molar-refractivity contribution in [2.45, 2.75) is 0 Å². The van der Waals surface area contributed by atoms with Crippen molar-refractivity contribution < 1.29 is 23.5 Å². The van der Waals surface area contributed by atoms with Crippen LogP contribution in [0.15, 0.2) is 77.4 Å². The van der Waals surface area contributed by atoms with Gasteiger partial charge in [0, 0.05) is 17.5 Å². The number of anilines is 2. The molecule has 148 valence electrons. The molecule has 1 heterocycles. The summed E-state index contributed by atoms with van der Waals surface area (Å²) >= 11 is 0. The molecule has 0 unspecified atom stereocenters. The molecule has 0 fully saturated rings. The minimum absolute atomic E-state index is 0.178. The molecule has 7 heteroatoms. The zero-order valence-corrected chi connectivity index (χ0v) is 15.8. The predicted molar refractivity (Wildman–Crippen MR) is 110 cm³/mol. The Bertz CT molecular complexity index is 996. The summed E-state index contributed by atoms with van der Waals surface area (Å²) in [4.78, 5) is 24.2. The molecule has 0 saturated carbocycles. The second kappa shape index (κ2) is 9.80. The van der Waals surface area contributed by atoms with E-state index in [0.717, 1.165) is 0 Å². The number of carbonyl (C=O) groups is 2. The predicted octanol–water partition coefficient (Wildman–Crippen LogP) is 3.96. The van der Waals surface area contributed by atoms with Crippen molar-refractivity contribution in [1.82, 2.24) is 0 Å². The molecule has 0 aliphatic heterocycles. The molecule has 0 atom stereocenters. The molecule has 0 radical (unpaired) electrons. The van der Waals surface area contributed by atoms with Crippen LogP contribution in [0.1, 0.15) is 5.76 Å². The van der Waals surface area contributed by atoms with Crippen molar-refractivity contribution >= 4 is 29.3 Å². The van der Waals surface area contributed by atoms with Crippen molar-refractivity contribution in [3.63, 3.8) is 0 Å². The lowest BCUT2D eigenvalue weighted by molar-refractivity contribution is -0.118. The number of nitrogens with one attached hydrogen (secondary N) is 2. The fourth-order valence-corrected chi connectivity index (χ4v) is 2.48. The van der Waals surface area contributed by atoms with Crippen LogP contribution in [0.4, 0.5) is 11.4 Å². The Morgan fingerprint density at radius 1 is 0.966 bits per heavy atom. The molecule has 3 rings (SSSR count). The van der Waals surface area contributed by atoms with Gasteiger partial charge in [-0.1, -0.05) is 18.2 Å². The van der Waals surface area contributed by atoms with E-state index in [0.29, 0.717) is 28.6 Å². The second-order valence-electron chi connectivity index (χ2n) is 5.91. The molecule has 2 amide bonds. The van der Waals surface area contributed by atoms with Crippen molar-refractivity contribution in [3.05, 3.63) is 78.8 Å². The number of hydrogen-bond donors (Lipinski definition) is 2. The topological polar surface area (TPSA) is 89.8 Å². The van der Waals surface area contributed by atoms with Crippen LogP contribution in [0.2, 0.25) is 0 Å². The summed E-state index contributed by atoms with van der Waals surface area (Å²) in [5, 5.41) is 5.45. The van der Waals surface area contributed by atoms with Crippen molar-refractivity contribution in [2.24, 2.45) is 0 Å². The van der Waals surface area contributed by atoms with Gasteiger partial charge in [-0.05, 0) is 48.5 Å². The van der Waals surface area contributed by atoms with Crippen LogP contribution in [0.5, 0.6) is 11.5 Å². The lowest BCUT2D eigenvalue weighted by atomic mass is 10.2. The first-order valence-corrected chi connectivity index (χ1v) is 8.82. The Kier molecular flexibility index (Phi) is 6.67. The van der Waals surface area contributed by atoms with Crippen LogP contribution < -0.4 is 20.1 Å². The maximum absolute atomic E-state index is 12.2. The first kappa shape index (κ1) is 19.8. The number of furan rings is 1. The van der Waals surface area contributed by atoms with Crippen LogP contribution in [-0.4, -0.2) is 25.5 Å². The van der Waals surface area contributed by atoms with Gasteiger partial charge in [-0.25, -0.2) is 0 Å². The van der Waals surface area contributed by atoms with Crippen LogP contribution in [-0.2, 0) is 9.59 Å². The minimum atomic E-state index is -0.336. The summed E-state index contributed by atoms with van der Waals surface area (Å²) in [5.74, 6) is 0.958. The average molecular weight is 392 g/mol. The Morgan fingerprint density at radius 3 is 2.45 bits per heavy atom. The molecule has 2 aromatic carbocycles. The Balaban J connectivity index is 1.53. The van der Waals surface area contributed by atoms with Gasteiger partial charge in [0.25, 0.3) is 5.91 Å². The molecule has 29 heavy (non-hydrogen) atoms. The average Bonchev–Trinajstić information content (AvgIpc) is 3.25. The van der Waals surface area contributed by atoms with Gasteiger partial charge < -0.3 is 24.5 Å². The van der Waals surface area contributed by atoms with Crippen LogP contribution in [0.25, 0.3) is 6.08 Å². The van der Waals surface area contributed by atoms with E-state index in [-0.39, 0.29) is 18.4 Å². The van der Waals surface area contributed by atoms with Gasteiger partial charge in [0.15, 0.2) is 18.1 Å². The Hall–Kier alpha value is -4.00. The van der Waals surface area contributed by atoms with Gasteiger partial charge in [-0.3, -0.25) is 9.59 Å². The summed E-state index contributed by atoms with van der Waals surface area (Å²) in [6.07, 6.45) is 4.46. The molecular formula is C22H20N2O5. The zero-order valence-electron chi connectivity index (χ0n) is 15.8. The summed E-state index contributed by atoms with van der Waals surface area (Å²) in [6, 6.07) is 17.4. The largest absolute Gasteiger partial charge is 0.493 e. The van der Waals surface area contributed by atoms with E-state index < -0.39 is 0 Å².